The number of thioether (sulfide) groups is 1. The summed E-state index contributed by atoms with van der Waals surface area (Å²) in [5.74, 6) is -1.14. The number of carboxylic acids is 1. The normalized spacial score (nSPS) is 15.0. The summed E-state index contributed by atoms with van der Waals surface area (Å²) in [7, 11) is 0. The molecule has 1 fully saturated rings. The first-order valence-corrected chi connectivity index (χ1v) is 12.0. The summed E-state index contributed by atoms with van der Waals surface area (Å²) < 4.78 is 0.408. The smallest absolute Gasteiger partial charge is 0.303 e. The van der Waals surface area contributed by atoms with Gasteiger partial charge in [0.1, 0.15) is 10.9 Å². The minimum atomic E-state index is -0.721. The van der Waals surface area contributed by atoms with E-state index in [4.69, 9.17) is 17.3 Å². The molecule has 1 aliphatic rings. The fraction of sp³-hybridized carbons (Fsp3) is 0.478. The van der Waals surface area contributed by atoms with E-state index in [-0.39, 0.29) is 24.8 Å². The van der Waals surface area contributed by atoms with Gasteiger partial charge in [-0.1, -0.05) is 92.8 Å². The van der Waals surface area contributed by atoms with E-state index >= 15 is 0 Å². The number of hydrogen-bond acceptors (Lipinski definition) is 5. The van der Waals surface area contributed by atoms with Crippen LogP contribution in [0.1, 0.15) is 63.4 Å². The third-order valence-electron chi connectivity index (χ3n) is 4.91. The van der Waals surface area contributed by atoms with Gasteiger partial charge in [-0.15, -0.1) is 0 Å². The number of nitrogens with zero attached hydrogens (tertiary/aromatic N) is 1. The Balaban J connectivity index is 1.57. The molecule has 168 valence electrons. The molecule has 6 nitrogen and oxygen atoms in total. The van der Waals surface area contributed by atoms with Gasteiger partial charge in [0.2, 0.25) is 5.91 Å². The number of unbranched alkanes of at least 4 members (excludes halogenated alkanes) is 7. The molecule has 1 saturated heterocycles. The first-order valence-electron chi connectivity index (χ1n) is 10.8. The summed E-state index contributed by atoms with van der Waals surface area (Å²) in [6.45, 7) is 0.541. The van der Waals surface area contributed by atoms with Gasteiger partial charge in [0.05, 0.1) is 4.91 Å². The maximum absolute atomic E-state index is 12.6. The molecular formula is C23H30N2O4S2. The number of rotatable bonds is 14. The van der Waals surface area contributed by atoms with E-state index < -0.39 is 5.97 Å². The second kappa shape index (κ2) is 14.0. The van der Waals surface area contributed by atoms with Gasteiger partial charge in [0, 0.05) is 13.0 Å². The van der Waals surface area contributed by atoms with Crippen LogP contribution in [0.5, 0.6) is 0 Å². The van der Waals surface area contributed by atoms with Crippen molar-refractivity contribution in [3.05, 3.63) is 40.8 Å². The molecule has 0 spiro atoms. The minimum Gasteiger partial charge on any atom is -0.481 e. The molecule has 2 rings (SSSR count). The second-order valence-corrected chi connectivity index (χ2v) is 9.18. The number of hydrogen-bond donors (Lipinski definition) is 2. The van der Waals surface area contributed by atoms with Gasteiger partial charge in [-0.2, -0.15) is 0 Å². The SMILES string of the molecule is O=C(O)CCCCCCCCCCNC(=O)CN1C(=O)C(=Cc2ccccc2)SC1=S. The van der Waals surface area contributed by atoms with E-state index in [1.807, 2.05) is 30.3 Å². The maximum atomic E-state index is 12.6. The largest absolute Gasteiger partial charge is 0.481 e. The van der Waals surface area contributed by atoms with Crippen LogP contribution in [0.15, 0.2) is 35.2 Å². The van der Waals surface area contributed by atoms with Gasteiger partial charge in [0.25, 0.3) is 5.91 Å². The molecule has 0 aromatic heterocycles. The van der Waals surface area contributed by atoms with Crippen LogP contribution in [0.25, 0.3) is 6.08 Å². The van der Waals surface area contributed by atoms with E-state index in [2.05, 4.69) is 5.32 Å². The Morgan fingerprint density at radius 3 is 2.26 bits per heavy atom. The van der Waals surface area contributed by atoms with Crippen molar-refractivity contribution in [2.24, 2.45) is 0 Å². The van der Waals surface area contributed by atoms with E-state index in [9.17, 15) is 14.4 Å². The van der Waals surface area contributed by atoms with Crippen LogP contribution >= 0.6 is 24.0 Å². The van der Waals surface area contributed by atoms with Gasteiger partial charge >= 0.3 is 5.97 Å². The fourth-order valence-electron chi connectivity index (χ4n) is 3.23. The molecule has 8 heteroatoms. The zero-order valence-electron chi connectivity index (χ0n) is 17.7. The molecular weight excluding hydrogens is 432 g/mol. The van der Waals surface area contributed by atoms with Crippen LogP contribution in [0.4, 0.5) is 0 Å². The van der Waals surface area contributed by atoms with Gasteiger partial charge in [-0.25, -0.2) is 0 Å². The Bertz CT molecular complexity index is 796. The third-order valence-corrected chi connectivity index (χ3v) is 6.29. The molecule has 0 atom stereocenters. The molecule has 1 heterocycles. The summed E-state index contributed by atoms with van der Waals surface area (Å²) in [5, 5.41) is 11.5. The lowest BCUT2D eigenvalue weighted by Crippen LogP contribution is -2.39. The first kappa shape index (κ1) is 25.1. The molecule has 0 bridgehead atoms. The molecule has 31 heavy (non-hydrogen) atoms. The Labute approximate surface area is 193 Å². The summed E-state index contributed by atoms with van der Waals surface area (Å²) >= 11 is 6.51. The second-order valence-electron chi connectivity index (χ2n) is 7.50. The standard InChI is InChI=1S/C23H30N2O4S2/c26-20(24-15-11-6-4-2-1-3-5-10-14-21(27)28)17-25-22(29)19(31-23(25)30)16-18-12-8-7-9-13-18/h7-9,12-13,16H,1-6,10-11,14-15,17H2,(H,24,26)(H,27,28). The fourth-order valence-corrected chi connectivity index (χ4v) is 4.48. The van der Waals surface area contributed by atoms with Crippen LogP contribution in [0, 0.1) is 0 Å². The zero-order valence-corrected chi connectivity index (χ0v) is 19.3. The van der Waals surface area contributed by atoms with Crippen molar-refractivity contribution in [1.29, 1.82) is 0 Å². The topological polar surface area (TPSA) is 86.7 Å². The third kappa shape index (κ3) is 9.65. The van der Waals surface area contributed by atoms with Crippen LogP contribution in [-0.2, 0) is 14.4 Å². The zero-order chi connectivity index (χ0) is 22.5. The van der Waals surface area contributed by atoms with Crippen molar-refractivity contribution in [1.82, 2.24) is 10.2 Å². The molecule has 2 amide bonds. The summed E-state index contributed by atoms with van der Waals surface area (Å²) in [6, 6.07) is 9.56. The van der Waals surface area contributed by atoms with Crippen LogP contribution in [-0.4, -0.2) is 45.2 Å². The Hall–Kier alpha value is -2.19. The summed E-state index contributed by atoms with van der Waals surface area (Å²) in [6.07, 6.45) is 10.2. The number of amides is 2. The number of nitrogens with one attached hydrogen (secondary N) is 1. The minimum absolute atomic E-state index is 0.0485. The predicted octanol–water partition coefficient (Wildman–Crippen LogP) is 4.60. The number of carboxylic acid groups (broad SMARTS) is 1. The lowest BCUT2D eigenvalue weighted by Gasteiger charge is -2.14. The van der Waals surface area contributed by atoms with E-state index in [0.717, 1.165) is 56.9 Å². The van der Waals surface area contributed by atoms with Crippen LogP contribution < -0.4 is 5.32 Å². The van der Waals surface area contributed by atoms with Crippen molar-refractivity contribution >= 4 is 52.2 Å². The number of thiocarbonyl (C=S) groups is 1. The van der Waals surface area contributed by atoms with Crippen molar-refractivity contribution in [2.75, 3.05) is 13.1 Å². The lowest BCUT2D eigenvalue weighted by atomic mass is 10.1. The Morgan fingerprint density at radius 2 is 1.61 bits per heavy atom. The average molecular weight is 463 g/mol. The van der Waals surface area contributed by atoms with Gasteiger partial charge in [-0.05, 0) is 24.5 Å². The first-order chi connectivity index (χ1) is 15.0. The number of benzene rings is 1. The summed E-state index contributed by atoms with van der Waals surface area (Å²) in [5.41, 5.74) is 0.924. The van der Waals surface area contributed by atoms with E-state index in [0.29, 0.717) is 15.8 Å². The highest BCUT2D eigenvalue weighted by atomic mass is 32.2. The molecule has 0 radical (unpaired) electrons. The van der Waals surface area contributed by atoms with Gasteiger partial charge in [-0.3, -0.25) is 19.3 Å². The van der Waals surface area contributed by atoms with Crippen molar-refractivity contribution in [2.45, 2.75) is 57.8 Å². The van der Waals surface area contributed by atoms with Gasteiger partial charge in [0.15, 0.2) is 0 Å². The van der Waals surface area contributed by atoms with Crippen molar-refractivity contribution in [3.63, 3.8) is 0 Å². The Kier molecular flexibility index (Phi) is 11.3. The van der Waals surface area contributed by atoms with Crippen LogP contribution in [0.2, 0.25) is 0 Å². The lowest BCUT2D eigenvalue weighted by molar-refractivity contribution is -0.137. The monoisotopic (exact) mass is 462 g/mol. The molecule has 0 unspecified atom stereocenters. The van der Waals surface area contributed by atoms with Crippen LogP contribution in [0.3, 0.4) is 0 Å². The van der Waals surface area contributed by atoms with Crippen molar-refractivity contribution in [3.8, 4) is 0 Å². The number of carbonyl (C=O) groups excluding carboxylic acids is 2. The van der Waals surface area contributed by atoms with Crippen molar-refractivity contribution < 1.29 is 19.5 Å². The summed E-state index contributed by atoms with van der Waals surface area (Å²) in [4.78, 5) is 37.1. The highest BCUT2D eigenvalue weighted by Gasteiger charge is 2.33. The maximum Gasteiger partial charge on any atom is 0.303 e. The molecule has 0 saturated carbocycles. The molecule has 1 aromatic carbocycles. The number of carbonyl (C=O) groups is 3. The predicted molar refractivity (Wildman–Crippen MR) is 129 cm³/mol. The molecule has 1 aromatic rings. The molecule has 0 aliphatic carbocycles. The molecule has 2 N–H and O–H groups in total. The highest BCUT2D eigenvalue weighted by molar-refractivity contribution is 8.26. The quantitative estimate of drug-likeness (QED) is 0.239. The van der Waals surface area contributed by atoms with E-state index in [1.165, 1.54) is 16.7 Å². The highest BCUT2D eigenvalue weighted by Crippen LogP contribution is 2.32. The average Bonchev–Trinajstić information content (AvgIpc) is 3.00. The molecule has 1 aliphatic heterocycles. The van der Waals surface area contributed by atoms with Gasteiger partial charge < -0.3 is 10.4 Å². The Morgan fingerprint density at radius 1 is 1.00 bits per heavy atom. The number of aliphatic carboxylic acids is 1. The van der Waals surface area contributed by atoms with E-state index in [1.54, 1.807) is 6.08 Å².